The van der Waals surface area contributed by atoms with Gasteiger partial charge in [-0.25, -0.2) is 9.78 Å². The van der Waals surface area contributed by atoms with Crippen LogP contribution in [0, 0.1) is 11.8 Å². The number of hydrogen-bond donors (Lipinski definition) is 2. The van der Waals surface area contributed by atoms with E-state index in [4.69, 9.17) is 11.6 Å². The fourth-order valence-corrected chi connectivity index (χ4v) is 3.31. The predicted octanol–water partition coefficient (Wildman–Crippen LogP) is 0.923. The van der Waals surface area contributed by atoms with Gasteiger partial charge in [0.15, 0.2) is 0 Å². The highest BCUT2D eigenvalue weighted by Gasteiger charge is 2.52. The average Bonchev–Trinajstić information content (AvgIpc) is 3.05. The smallest absolute Gasteiger partial charge is 0.327 e. The second-order valence-corrected chi connectivity index (χ2v) is 5.97. The van der Waals surface area contributed by atoms with Crippen LogP contribution in [0.5, 0.6) is 0 Å². The fraction of sp³-hybridized carbons (Fsp3) is 0.429. The van der Waals surface area contributed by atoms with Crippen molar-refractivity contribution in [3.8, 4) is 0 Å². The summed E-state index contributed by atoms with van der Waals surface area (Å²) in [6.45, 7) is 0. The van der Waals surface area contributed by atoms with Gasteiger partial charge in [-0.1, -0.05) is 17.7 Å². The summed E-state index contributed by atoms with van der Waals surface area (Å²) >= 11 is 5.95. The van der Waals surface area contributed by atoms with E-state index < -0.39 is 35.7 Å². The van der Waals surface area contributed by atoms with Crippen molar-refractivity contribution in [3.05, 3.63) is 29.3 Å². The van der Waals surface area contributed by atoms with Gasteiger partial charge in [-0.3, -0.25) is 14.5 Å². The summed E-state index contributed by atoms with van der Waals surface area (Å²) in [7, 11) is 0. The molecule has 0 radical (unpaired) electrons. The van der Waals surface area contributed by atoms with Crippen LogP contribution in [0.4, 0.5) is 0 Å². The number of carboxylic acid groups (broad SMARTS) is 1. The minimum Gasteiger partial charge on any atom is -0.480 e. The molecule has 0 spiro atoms. The number of fused-ring (bicyclic) bond motifs is 1. The number of nitrogens with one attached hydrogen (secondary N) is 1. The lowest BCUT2D eigenvalue weighted by Gasteiger charge is -2.22. The zero-order chi connectivity index (χ0) is 15.9. The standard InChI is InChI=1S/C14H14ClN3O4/c15-7-1-2-9-10(3-7)13(20)18(12(9)19)11(14(21)22)4-8-5-16-6-17-8/h1,5-6,9-11H,2-4H2,(H,16,17)(H,21,22)/t9-,10+,11-/m0/s1. The van der Waals surface area contributed by atoms with E-state index in [1.54, 1.807) is 6.08 Å². The number of aromatic amines is 1. The Balaban J connectivity index is 1.87. The highest BCUT2D eigenvalue weighted by Crippen LogP contribution is 2.39. The van der Waals surface area contributed by atoms with Gasteiger partial charge in [0.1, 0.15) is 6.04 Å². The number of hydrogen-bond acceptors (Lipinski definition) is 4. The Morgan fingerprint density at radius 1 is 1.45 bits per heavy atom. The van der Waals surface area contributed by atoms with Crippen molar-refractivity contribution in [2.45, 2.75) is 25.3 Å². The molecule has 1 aromatic heterocycles. The molecular formula is C14H14ClN3O4. The van der Waals surface area contributed by atoms with Crippen LogP contribution in [-0.2, 0) is 20.8 Å². The van der Waals surface area contributed by atoms with Gasteiger partial charge < -0.3 is 10.1 Å². The van der Waals surface area contributed by atoms with E-state index in [2.05, 4.69) is 9.97 Å². The van der Waals surface area contributed by atoms with Gasteiger partial charge in [-0.05, 0) is 12.8 Å². The molecule has 0 unspecified atom stereocenters. The van der Waals surface area contributed by atoms with Gasteiger partial charge in [-0.15, -0.1) is 0 Å². The molecule has 2 heterocycles. The number of likely N-dealkylation sites (tertiary alicyclic amines) is 1. The monoisotopic (exact) mass is 323 g/mol. The van der Waals surface area contributed by atoms with Gasteiger partial charge in [0, 0.05) is 23.3 Å². The number of H-pyrrole nitrogens is 1. The van der Waals surface area contributed by atoms with Crippen LogP contribution in [0.25, 0.3) is 0 Å². The van der Waals surface area contributed by atoms with E-state index in [1.807, 2.05) is 0 Å². The third-order valence-electron chi connectivity index (χ3n) is 4.17. The minimum absolute atomic E-state index is 0.00736. The number of imide groups is 1. The second kappa shape index (κ2) is 5.57. The topological polar surface area (TPSA) is 103 Å². The molecule has 22 heavy (non-hydrogen) atoms. The van der Waals surface area contributed by atoms with Crippen LogP contribution in [0.15, 0.2) is 23.6 Å². The molecule has 2 aliphatic rings. The molecule has 0 aromatic carbocycles. The molecule has 1 saturated heterocycles. The molecule has 116 valence electrons. The Kier molecular flexibility index (Phi) is 3.74. The first-order chi connectivity index (χ1) is 10.5. The molecule has 2 amide bonds. The quantitative estimate of drug-likeness (QED) is 0.802. The SMILES string of the molecule is O=C(O)[C@H](Cc1cnc[nH]1)N1C(=O)[C@H]2CC=C(Cl)C[C@H]2C1=O. The number of carboxylic acids is 1. The maximum Gasteiger partial charge on any atom is 0.327 e. The second-order valence-electron chi connectivity index (χ2n) is 5.49. The van der Waals surface area contributed by atoms with Gasteiger partial charge in [0.2, 0.25) is 11.8 Å². The molecule has 2 N–H and O–H groups in total. The Bertz CT molecular complexity index is 655. The Hall–Kier alpha value is -2.15. The van der Waals surface area contributed by atoms with Gasteiger partial charge >= 0.3 is 5.97 Å². The third kappa shape index (κ3) is 2.41. The summed E-state index contributed by atoms with van der Waals surface area (Å²) in [6, 6.07) is -1.23. The number of aliphatic carboxylic acids is 1. The van der Waals surface area contributed by atoms with Crippen LogP contribution in [0.3, 0.4) is 0 Å². The first-order valence-electron chi connectivity index (χ1n) is 6.90. The number of carbonyl (C=O) groups is 3. The predicted molar refractivity (Wildman–Crippen MR) is 75.7 cm³/mol. The average molecular weight is 324 g/mol. The molecule has 1 aliphatic heterocycles. The van der Waals surface area contributed by atoms with Crippen LogP contribution < -0.4 is 0 Å². The van der Waals surface area contributed by atoms with Crippen LogP contribution in [-0.4, -0.2) is 43.8 Å². The van der Waals surface area contributed by atoms with E-state index in [0.29, 0.717) is 23.6 Å². The number of amides is 2. The number of carbonyl (C=O) groups excluding carboxylic acids is 2. The van der Waals surface area contributed by atoms with Crippen LogP contribution in [0.1, 0.15) is 18.5 Å². The first kappa shape index (κ1) is 14.8. The first-order valence-corrected chi connectivity index (χ1v) is 7.28. The number of nitrogens with zero attached hydrogens (tertiary/aromatic N) is 2. The lowest BCUT2D eigenvalue weighted by Crippen LogP contribution is -2.46. The normalized spacial score (nSPS) is 25.9. The molecular weight excluding hydrogens is 310 g/mol. The van der Waals surface area contributed by atoms with Crippen LogP contribution >= 0.6 is 11.6 Å². The third-order valence-corrected chi connectivity index (χ3v) is 4.48. The fourth-order valence-electron chi connectivity index (χ4n) is 3.05. The number of allylic oxidation sites excluding steroid dienone is 2. The molecule has 0 bridgehead atoms. The molecule has 3 atom stereocenters. The van der Waals surface area contributed by atoms with Crippen molar-refractivity contribution in [2.24, 2.45) is 11.8 Å². The summed E-state index contributed by atoms with van der Waals surface area (Å²) in [5.41, 5.74) is 0.555. The van der Waals surface area contributed by atoms with Crippen molar-refractivity contribution in [1.82, 2.24) is 14.9 Å². The van der Waals surface area contributed by atoms with E-state index in [1.165, 1.54) is 12.5 Å². The largest absolute Gasteiger partial charge is 0.480 e. The lowest BCUT2D eigenvalue weighted by atomic mass is 9.85. The molecule has 7 nitrogen and oxygen atoms in total. The Morgan fingerprint density at radius 3 is 2.82 bits per heavy atom. The van der Waals surface area contributed by atoms with E-state index in [9.17, 15) is 19.5 Å². The highest BCUT2D eigenvalue weighted by molar-refractivity contribution is 6.30. The van der Waals surface area contributed by atoms with Crippen molar-refractivity contribution in [2.75, 3.05) is 0 Å². The lowest BCUT2D eigenvalue weighted by molar-refractivity contribution is -0.155. The summed E-state index contributed by atoms with van der Waals surface area (Å²) in [4.78, 5) is 44.0. The highest BCUT2D eigenvalue weighted by atomic mass is 35.5. The summed E-state index contributed by atoms with van der Waals surface area (Å²) in [6.07, 6.45) is 5.30. The van der Waals surface area contributed by atoms with E-state index in [0.717, 1.165) is 4.90 Å². The number of aromatic nitrogens is 2. The molecule has 8 heteroatoms. The zero-order valence-electron chi connectivity index (χ0n) is 11.5. The van der Waals surface area contributed by atoms with Crippen molar-refractivity contribution in [3.63, 3.8) is 0 Å². The Labute approximate surface area is 131 Å². The Morgan fingerprint density at radius 2 is 2.18 bits per heavy atom. The van der Waals surface area contributed by atoms with Crippen molar-refractivity contribution in [1.29, 1.82) is 0 Å². The molecule has 1 aliphatic carbocycles. The maximum atomic E-state index is 12.5. The van der Waals surface area contributed by atoms with Gasteiger partial charge in [0.25, 0.3) is 0 Å². The summed E-state index contributed by atoms with van der Waals surface area (Å²) in [5.74, 6) is -3.14. The maximum absolute atomic E-state index is 12.5. The molecule has 1 fully saturated rings. The van der Waals surface area contributed by atoms with Gasteiger partial charge in [0.05, 0.1) is 18.2 Å². The van der Waals surface area contributed by atoms with E-state index >= 15 is 0 Å². The number of halogens is 1. The molecule has 1 aromatic rings. The van der Waals surface area contributed by atoms with Gasteiger partial charge in [-0.2, -0.15) is 0 Å². The van der Waals surface area contributed by atoms with Crippen molar-refractivity contribution < 1.29 is 19.5 Å². The molecule has 3 rings (SSSR count). The summed E-state index contributed by atoms with van der Waals surface area (Å²) in [5, 5.41) is 9.98. The zero-order valence-corrected chi connectivity index (χ0v) is 12.3. The molecule has 0 saturated carbocycles. The minimum atomic E-state index is -1.23. The van der Waals surface area contributed by atoms with Crippen LogP contribution in [0.2, 0.25) is 0 Å². The van der Waals surface area contributed by atoms with Crippen molar-refractivity contribution >= 4 is 29.4 Å². The summed E-state index contributed by atoms with van der Waals surface area (Å²) < 4.78 is 0. The van der Waals surface area contributed by atoms with E-state index in [-0.39, 0.29) is 6.42 Å². The number of imidazole rings is 1. The number of rotatable bonds is 4.